The fourth-order valence-electron chi connectivity index (χ4n) is 2.54. The van der Waals surface area contributed by atoms with Crippen molar-refractivity contribution in [1.29, 1.82) is 0 Å². The summed E-state index contributed by atoms with van der Waals surface area (Å²) in [6.45, 7) is 3.75. The van der Waals surface area contributed by atoms with E-state index in [0.29, 0.717) is 12.8 Å². The minimum Gasteiger partial charge on any atom is -0.480 e. The van der Waals surface area contributed by atoms with Gasteiger partial charge in [-0.3, -0.25) is 9.59 Å². The lowest BCUT2D eigenvalue weighted by molar-refractivity contribution is -0.148. The zero-order valence-electron chi connectivity index (χ0n) is 13.7. The molecule has 0 bridgehead atoms. The molecule has 6 nitrogen and oxygen atoms in total. The number of carboxylic acids is 1. The van der Waals surface area contributed by atoms with Crippen LogP contribution in [0, 0.1) is 11.7 Å². The van der Waals surface area contributed by atoms with E-state index in [1.807, 2.05) is 13.8 Å². The van der Waals surface area contributed by atoms with Gasteiger partial charge in [-0.2, -0.15) is 0 Å². The molecule has 1 aromatic rings. The predicted molar refractivity (Wildman–Crippen MR) is 86.2 cm³/mol. The molecule has 2 amide bonds. The van der Waals surface area contributed by atoms with Crippen molar-refractivity contribution in [1.82, 2.24) is 5.32 Å². The van der Waals surface area contributed by atoms with Gasteiger partial charge in [0.05, 0.1) is 5.69 Å². The first-order valence-corrected chi connectivity index (χ1v) is 7.89. The first-order chi connectivity index (χ1) is 11.2. The zero-order chi connectivity index (χ0) is 17.9. The van der Waals surface area contributed by atoms with Crippen LogP contribution in [-0.2, 0) is 9.59 Å². The van der Waals surface area contributed by atoms with Crippen molar-refractivity contribution in [3.63, 3.8) is 0 Å². The summed E-state index contributed by atoms with van der Waals surface area (Å²) in [5.74, 6) is -2.62. The number of rotatable bonds is 6. The van der Waals surface area contributed by atoms with Gasteiger partial charge in [0, 0.05) is 12.0 Å². The highest BCUT2D eigenvalue weighted by Gasteiger charge is 2.45. The fourth-order valence-corrected chi connectivity index (χ4v) is 2.54. The molecule has 1 aromatic carbocycles. The lowest BCUT2D eigenvalue weighted by Gasteiger charge is -2.38. The van der Waals surface area contributed by atoms with Gasteiger partial charge < -0.3 is 15.7 Å². The smallest absolute Gasteiger partial charge is 0.329 e. The molecule has 24 heavy (non-hydrogen) atoms. The monoisotopic (exact) mass is 336 g/mol. The van der Waals surface area contributed by atoms with E-state index in [2.05, 4.69) is 10.6 Å². The van der Waals surface area contributed by atoms with E-state index in [4.69, 9.17) is 0 Å². The first kappa shape index (κ1) is 17.9. The Morgan fingerprint density at radius 2 is 1.96 bits per heavy atom. The summed E-state index contributed by atoms with van der Waals surface area (Å²) in [6, 6.07) is 3.66. The third kappa shape index (κ3) is 3.90. The van der Waals surface area contributed by atoms with Crippen molar-refractivity contribution in [2.24, 2.45) is 5.92 Å². The molecule has 0 saturated heterocycles. The van der Waals surface area contributed by atoms with Gasteiger partial charge in [0.1, 0.15) is 11.4 Å². The quantitative estimate of drug-likeness (QED) is 0.744. The Kier molecular flexibility index (Phi) is 5.21. The van der Waals surface area contributed by atoms with Crippen LogP contribution in [0.5, 0.6) is 0 Å². The average molecular weight is 336 g/mol. The SMILES string of the molecule is CC(C)CC(=O)Nc1ccc(C(=O)NC2(C(=O)O)CCC2)cc1F. The van der Waals surface area contributed by atoms with Crippen LogP contribution in [-0.4, -0.2) is 28.4 Å². The molecule has 7 heteroatoms. The molecule has 0 aliphatic heterocycles. The van der Waals surface area contributed by atoms with Crippen LogP contribution in [0.3, 0.4) is 0 Å². The molecule has 0 aromatic heterocycles. The Morgan fingerprint density at radius 1 is 1.29 bits per heavy atom. The van der Waals surface area contributed by atoms with Crippen molar-refractivity contribution < 1.29 is 23.9 Å². The number of halogens is 1. The summed E-state index contributed by atoms with van der Waals surface area (Å²) in [5.41, 5.74) is -1.24. The first-order valence-electron chi connectivity index (χ1n) is 7.89. The molecule has 0 spiro atoms. The van der Waals surface area contributed by atoms with Gasteiger partial charge in [0.15, 0.2) is 0 Å². The van der Waals surface area contributed by atoms with Crippen LogP contribution < -0.4 is 10.6 Å². The van der Waals surface area contributed by atoms with Crippen molar-refractivity contribution in [2.45, 2.75) is 45.1 Å². The average Bonchev–Trinajstić information content (AvgIpc) is 2.43. The summed E-state index contributed by atoms with van der Waals surface area (Å²) < 4.78 is 14.1. The van der Waals surface area contributed by atoms with E-state index in [1.54, 1.807) is 0 Å². The van der Waals surface area contributed by atoms with Gasteiger partial charge in [0.25, 0.3) is 5.91 Å². The Bertz CT molecular complexity index is 669. The van der Waals surface area contributed by atoms with Crippen molar-refractivity contribution >= 4 is 23.5 Å². The zero-order valence-corrected chi connectivity index (χ0v) is 13.7. The lowest BCUT2D eigenvalue weighted by Crippen LogP contribution is -2.59. The van der Waals surface area contributed by atoms with E-state index >= 15 is 0 Å². The number of benzene rings is 1. The second-order valence-corrected chi connectivity index (χ2v) is 6.54. The van der Waals surface area contributed by atoms with Crippen molar-refractivity contribution in [3.05, 3.63) is 29.6 Å². The Balaban J connectivity index is 2.07. The molecular weight excluding hydrogens is 315 g/mol. The van der Waals surface area contributed by atoms with Crippen LogP contribution in [0.1, 0.15) is 49.9 Å². The Morgan fingerprint density at radius 3 is 2.42 bits per heavy atom. The highest BCUT2D eigenvalue weighted by Crippen LogP contribution is 2.32. The van der Waals surface area contributed by atoms with Gasteiger partial charge in [-0.25, -0.2) is 9.18 Å². The molecule has 1 aliphatic rings. The topological polar surface area (TPSA) is 95.5 Å². The minimum atomic E-state index is -1.25. The number of nitrogens with one attached hydrogen (secondary N) is 2. The number of carbonyl (C=O) groups is 3. The van der Waals surface area contributed by atoms with E-state index in [0.717, 1.165) is 12.5 Å². The molecule has 1 fully saturated rings. The standard InChI is InChI=1S/C17H21FN2O4/c1-10(2)8-14(21)19-13-5-4-11(9-12(13)18)15(22)20-17(16(23)24)6-3-7-17/h4-5,9-10H,3,6-8H2,1-2H3,(H,19,21)(H,20,22)(H,23,24). The normalized spacial score (nSPS) is 15.5. The molecule has 130 valence electrons. The summed E-state index contributed by atoms with van der Waals surface area (Å²) in [7, 11) is 0. The summed E-state index contributed by atoms with van der Waals surface area (Å²) in [6.07, 6.45) is 1.71. The third-order valence-electron chi connectivity index (χ3n) is 4.07. The number of hydrogen-bond donors (Lipinski definition) is 3. The minimum absolute atomic E-state index is 0.00575. The second-order valence-electron chi connectivity index (χ2n) is 6.54. The summed E-state index contributed by atoms with van der Waals surface area (Å²) in [4.78, 5) is 35.1. The summed E-state index contributed by atoms with van der Waals surface area (Å²) in [5, 5.41) is 14.1. The van der Waals surface area contributed by atoms with E-state index in [9.17, 15) is 23.9 Å². The van der Waals surface area contributed by atoms with Gasteiger partial charge in [-0.15, -0.1) is 0 Å². The molecule has 3 N–H and O–H groups in total. The maximum absolute atomic E-state index is 14.1. The number of carboxylic acid groups (broad SMARTS) is 1. The van der Waals surface area contributed by atoms with Crippen molar-refractivity contribution in [2.75, 3.05) is 5.32 Å². The molecule has 1 saturated carbocycles. The molecule has 2 rings (SSSR count). The van der Waals surface area contributed by atoms with E-state index < -0.39 is 23.2 Å². The Labute approximate surface area is 139 Å². The molecule has 1 aliphatic carbocycles. The van der Waals surface area contributed by atoms with Gasteiger partial charge >= 0.3 is 5.97 Å². The number of amides is 2. The summed E-state index contributed by atoms with van der Waals surface area (Å²) >= 11 is 0. The third-order valence-corrected chi connectivity index (χ3v) is 4.07. The van der Waals surface area contributed by atoms with Gasteiger partial charge in [0.2, 0.25) is 5.91 Å². The molecule has 0 atom stereocenters. The van der Waals surface area contributed by atoms with E-state index in [1.165, 1.54) is 12.1 Å². The Hall–Kier alpha value is -2.44. The number of hydrogen-bond acceptors (Lipinski definition) is 3. The van der Waals surface area contributed by atoms with Crippen LogP contribution in [0.2, 0.25) is 0 Å². The maximum Gasteiger partial charge on any atom is 0.329 e. The number of aliphatic carboxylic acids is 1. The number of carbonyl (C=O) groups excluding carboxylic acids is 2. The van der Waals surface area contributed by atoms with Gasteiger partial charge in [-0.1, -0.05) is 13.8 Å². The highest BCUT2D eigenvalue weighted by molar-refractivity contribution is 5.99. The van der Waals surface area contributed by atoms with Crippen LogP contribution in [0.15, 0.2) is 18.2 Å². The van der Waals surface area contributed by atoms with Gasteiger partial charge in [-0.05, 0) is 43.4 Å². The van der Waals surface area contributed by atoms with Crippen LogP contribution >= 0.6 is 0 Å². The molecule has 0 unspecified atom stereocenters. The van der Waals surface area contributed by atoms with Crippen molar-refractivity contribution in [3.8, 4) is 0 Å². The fraction of sp³-hybridized carbons (Fsp3) is 0.471. The molecule has 0 heterocycles. The van der Waals surface area contributed by atoms with Crippen LogP contribution in [0.4, 0.5) is 10.1 Å². The molecular formula is C17H21FN2O4. The molecule has 0 radical (unpaired) electrons. The lowest BCUT2D eigenvalue weighted by atomic mass is 9.76. The van der Waals surface area contributed by atoms with E-state index in [-0.39, 0.29) is 29.5 Å². The highest BCUT2D eigenvalue weighted by atomic mass is 19.1. The largest absolute Gasteiger partial charge is 0.480 e. The van der Waals surface area contributed by atoms with Crippen LogP contribution in [0.25, 0.3) is 0 Å². The second kappa shape index (κ2) is 6.98. The number of anilines is 1. The maximum atomic E-state index is 14.1. The predicted octanol–water partition coefficient (Wildman–Crippen LogP) is 2.55.